The third-order valence-electron chi connectivity index (χ3n) is 2.78. The van der Waals surface area contributed by atoms with Gasteiger partial charge in [0, 0.05) is 5.57 Å². The highest BCUT2D eigenvalue weighted by molar-refractivity contribution is 5.87. The standard InChI is InChI=1S/C11H16O2/c1-5-11(7-6-9(11)4)13-10(12)8(2)3/h5,9H,1-2,6-7H2,3-4H3. The molecule has 0 aromatic rings. The lowest BCUT2D eigenvalue weighted by Crippen LogP contribution is -2.47. The minimum absolute atomic E-state index is 0.313. The summed E-state index contributed by atoms with van der Waals surface area (Å²) in [4.78, 5) is 11.3. The van der Waals surface area contributed by atoms with Crippen LogP contribution in [0.2, 0.25) is 0 Å². The van der Waals surface area contributed by atoms with E-state index in [1.165, 1.54) is 0 Å². The molecule has 1 aliphatic carbocycles. The average Bonchev–Trinajstić information content (AvgIpc) is 2.10. The van der Waals surface area contributed by atoms with Crippen LogP contribution in [0.4, 0.5) is 0 Å². The summed E-state index contributed by atoms with van der Waals surface area (Å²) < 4.78 is 5.34. The molecule has 2 atom stereocenters. The maximum atomic E-state index is 11.3. The Bertz CT molecular complexity index is 255. The largest absolute Gasteiger partial charge is 0.451 e. The number of carbonyl (C=O) groups excluding carboxylic acids is 1. The lowest BCUT2D eigenvalue weighted by atomic mass is 9.70. The Morgan fingerprint density at radius 1 is 1.69 bits per heavy atom. The fourth-order valence-electron chi connectivity index (χ4n) is 1.47. The van der Waals surface area contributed by atoms with Crippen molar-refractivity contribution >= 4 is 5.97 Å². The van der Waals surface area contributed by atoms with Gasteiger partial charge in [-0.3, -0.25) is 0 Å². The molecule has 0 aliphatic heterocycles. The van der Waals surface area contributed by atoms with Crippen LogP contribution in [-0.2, 0) is 9.53 Å². The molecule has 1 rings (SSSR count). The first-order valence-electron chi connectivity index (χ1n) is 4.54. The smallest absolute Gasteiger partial charge is 0.333 e. The lowest BCUT2D eigenvalue weighted by Gasteiger charge is -2.44. The monoisotopic (exact) mass is 180 g/mol. The number of carbonyl (C=O) groups is 1. The van der Waals surface area contributed by atoms with Gasteiger partial charge in [-0.15, -0.1) is 0 Å². The third kappa shape index (κ3) is 1.67. The SMILES string of the molecule is C=CC1(OC(=O)C(=C)C)CCC1C. The van der Waals surface area contributed by atoms with Gasteiger partial charge in [0.25, 0.3) is 0 Å². The topological polar surface area (TPSA) is 26.3 Å². The molecule has 1 saturated carbocycles. The van der Waals surface area contributed by atoms with E-state index in [2.05, 4.69) is 20.1 Å². The van der Waals surface area contributed by atoms with Gasteiger partial charge in [-0.2, -0.15) is 0 Å². The summed E-state index contributed by atoms with van der Waals surface area (Å²) in [5, 5.41) is 0. The molecular weight excluding hydrogens is 164 g/mol. The third-order valence-corrected chi connectivity index (χ3v) is 2.78. The molecular formula is C11H16O2. The zero-order chi connectivity index (χ0) is 10.1. The number of hydrogen-bond donors (Lipinski definition) is 0. The molecule has 0 N–H and O–H groups in total. The van der Waals surface area contributed by atoms with Crippen LogP contribution in [0.25, 0.3) is 0 Å². The van der Waals surface area contributed by atoms with Crippen LogP contribution >= 0.6 is 0 Å². The molecule has 2 heteroatoms. The van der Waals surface area contributed by atoms with Crippen LogP contribution in [0.15, 0.2) is 24.8 Å². The molecule has 0 amide bonds. The van der Waals surface area contributed by atoms with Gasteiger partial charge in [0.1, 0.15) is 5.60 Å². The Labute approximate surface area is 79.3 Å². The normalized spacial score (nSPS) is 31.7. The fraction of sp³-hybridized carbons (Fsp3) is 0.545. The summed E-state index contributed by atoms with van der Waals surface area (Å²) >= 11 is 0. The van der Waals surface area contributed by atoms with Gasteiger partial charge < -0.3 is 4.74 Å². The fourth-order valence-corrected chi connectivity index (χ4v) is 1.47. The molecule has 1 aliphatic rings. The minimum atomic E-state index is -0.421. The van der Waals surface area contributed by atoms with Crippen molar-refractivity contribution in [3.8, 4) is 0 Å². The van der Waals surface area contributed by atoms with E-state index in [0.29, 0.717) is 11.5 Å². The second-order valence-electron chi connectivity index (χ2n) is 3.77. The van der Waals surface area contributed by atoms with Crippen molar-refractivity contribution in [2.75, 3.05) is 0 Å². The minimum Gasteiger partial charge on any atom is -0.451 e. The molecule has 1 fully saturated rings. The van der Waals surface area contributed by atoms with Crippen LogP contribution < -0.4 is 0 Å². The van der Waals surface area contributed by atoms with Gasteiger partial charge in [-0.05, 0) is 31.8 Å². The van der Waals surface area contributed by atoms with Crippen molar-refractivity contribution in [1.29, 1.82) is 0 Å². The number of hydrogen-bond acceptors (Lipinski definition) is 2. The lowest BCUT2D eigenvalue weighted by molar-refractivity contribution is -0.164. The van der Waals surface area contributed by atoms with E-state index in [4.69, 9.17) is 4.74 Å². The van der Waals surface area contributed by atoms with E-state index in [1.54, 1.807) is 13.0 Å². The van der Waals surface area contributed by atoms with E-state index in [-0.39, 0.29) is 5.97 Å². The first-order chi connectivity index (χ1) is 6.02. The molecule has 0 radical (unpaired) electrons. The maximum absolute atomic E-state index is 11.3. The van der Waals surface area contributed by atoms with E-state index < -0.39 is 5.60 Å². The number of rotatable bonds is 3. The molecule has 0 aromatic carbocycles. The van der Waals surface area contributed by atoms with Crippen LogP contribution in [-0.4, -0.2) is 11.6 Å². The molecule has 2 nitrogen and oxygen atoms in total. The zero-order valence-corrected chi connectivity index (χ0v) is 8.30. The Morgan fingerprint density at radius 2 is 2.31 bits per heavy atom. The summed E-state index contributed by atoms with van der Waals surface area (Å²) in [5.74, 6) is 0.0692. The first kappa shape index (κ1) is 10.0. The van der Waals surface area contributed by atoms with Crippen molar-refractivity contribution < 1.29 is 9.53 Å². The van der Waals surface area contributed by atoms with Gasteiger partial charge in [-0.1, -0.05) is 20.1 Å². The Hall–Kier alpha value is -1.05. The molecule has 0 heterocycles. The second-order valence-corrected chi connectivity index (χ2v) is 3.77. The van der Waals surface area contributed by atoms with Gasteiger partial charge in [0.05, 0.1) is 0 Å². The maximum Gasteiger partial charge on any atom is 0.333 e. The predicted molar refractivity (Wildman–Crippen MR) is 52.2 cm³/mol. The summed E-state index contributed by atoms with van der Waals surface area (Å²) in [6, 6.07) is 0. The van der Waals surface area contributed by atoms with E-state index in [0.717, 1.165) is 12.8 Å². The van der Waals surface area contributed by atoms with Gasteiger partial charge in [0.2, 0.25) is 0 Å². The first-order valence-corrected chi connectivity index (χ1v) is 4.54. The molecule has 0 aromatic heterocycles. The van der Waals surface area contributed by atoms with Gasteiger partial charge in [0.15, 0.2) is 0 Å². The van der Waals surface area contributed by atoms with Crippen molar-refractivity contribution in [3.63, 3.8) is 0 Å². The average molecular weight is 180 g/mol. The van der Waals surface area contributed by atoms with E-state index in [9.17, 15) is 4.79 Å². The molecule has 13 heavy (non-hydrogen) atoms. The van der Waals surface area contributed by atoms with E-state index >= 15 is 0 Å². The highest BCUT2D eigenvalue weighted by atomic mass is 16.6. The van der Waals surface area contributed by atoms with Crippen LogP contribution in [0.1, 0.15) is 26.7 Å². The second kappa shape index (κ2) is 3.36. The van der Waals surface area contributed by atoms with Crippen LogP contribution in [0, 0.1) is 5.92 Å². The highest BCUT2D eigenvalue weighted by Gasteiger charge is 2.45. The number of ether oxygens (including phenoxy) is 1. The van der Waals surface area contributed by atoms with Crippen molar-refractivity contribution in [1.82, 2.24) is 0 Å². The van der Waals surface area contributed by atoms with Gasteiger partial charge in [-0.25, -0.2) is 4.79 Å². The van der Waals surface area contributed by atoms with Crippen molar-refractivity contribution in [3.05, 3.63) is 24.8 Å². The summed E-state index contributed by atoms with van der Waals surface area (Å²) in [6.45, 7) is 11.0. The predicted octanol–water partition coefficient (Wildman–Crippen LogP) is 2.46. The molecule has 0 saturated heterocycles. The quantitative estimate of drug-likeness (QED) is 0.379. The Morgan fingerprint density at radius 3 is 2.54 bits per heavy atom. The zero-order valence-electron chi connectivity index (χ0n) is 8.30. The van der Waals surface area contributed by atoms with Crippen LogP contribution in [0.5, 0.6) is 0 Å². The van der Waals surface area contributed by atoms with E-state index in [1.807, 2.05) is 0 Å². The van der Waals surface area contributed by atoms with Gasteiger partial charge >= 0.3 is 5.97 Å². The molecule has 0 spiro atoms. The molecule has 0 bridgehead atoms. The number of esters is 1. The van der Waals surface area contributed by atoms with Crippen molar-refractivity contribution in [2.45, 2.75) is 32.3 Å². The molecule has 2 unspecified atom stereocenters. The summed E-state index contributed by atoms with van der Waals surface area (Å²) in [7, 11) is 0. The Balaban J connectivity index is 2.65. The van der Waals surface area contributed by atoms with Crippen molar-refractivity contribution in [2.24, 2.45) is 5.92 Å². The highest BCUT2D eigenvalue weighted by Crippen LogP contribution is 2.42. The molecule has 72 valence electrons. The van der Waals surface area contributed by atoms with Crippen LogP contribution in [0.3, 0.4) is 0 Å². The Kier molecular flexibility index (Phi) is 2.60. The summed E-state index contributed by atoms with van der Waals surface area (Å²) in [5.41, 5.74) is 0.0241. The summed E-state index contributed by atoms with van der Waals surface area (Å²) in [6.07, 6.45) is 3.72.